The molecular formula is C10H12INO. The van der Waals surface area contributed by atoms with E-state index in [1.807, 2.05) is 12.1 Å². The van der Waals surface area contributed by atoms with Crippen LogP contribution in [0.4, 0.5) is 0 Å². The third kappa shape index (κ3) is 2.34. The maximum absolute atomic E-state index is 5.73. The van der Waals surface area contributed by atoms with Gasteiger partial charge in [-0.05, 0) is 53.9 Å². The number of likely N-dealkylation sites (N-methyl/N-ethyl adjacent to an activating group) is 1. The summed E-state index contributed by atoms with van der Waals surface area (Å²) in [7, 11) is 2.10. The second-order valence-electron chi connectivity index (χ2n) is 3.41. The van der Waals surface area contributed by atoms with Gasteiger partial charge in [-0.1, -0.05) is 0 Å². The predicted molar refractivity (Wildman–Crippen MR) is 61.1 cm³/mol. The molecular weight excluding hydrogens is 277 g/mol. The smallest absolute Gasteiger partial charge is 0.124 e. The lowest BCUT2D eigenvalue weighted by molar-refractivity contribution is 0.0388. The number of hydrogen-bond donors (Lipinski definition) is 0. The van der Waals surface area contributed by atoms with Gasteiger partial charge in [-0.25, -0.2) is 0 Å². The number of likely N-dealkylation sites (tertiary alicyclic amines) is 1. The zero-order chi connectivity index (χ0) is 9.26. The molecule has 1 fully saturated rings. The number of halogens is 1. The van der Waals surface area contributed by atoms with Gasteiger partial charge in [0.1, 0.15) is 11.9 Å². The zero-order valence-electron chi connectivity index (χ0n) is 7.53. The summed E-state index contributed by atoms with van der Waals surface area (Å²) in [4.78, 5) is 2.25. The van der Waals surface area contributed by atoms with Gasteiger partial charge in [-0.15, -0.1) is 0 Å². The molecule has 2 rings (SSSR count). The molecule has 2 nitrogen and oxygen atoms in total. The normalized spacial score (nSPS) is 18.3. The Morgan fingerprint density at radius 3 is 2.46 bits per heavy atom. The van der Waals surface area contributed by atoms with Gasteiger partial charge in [0.2, 0.25) is 0 Å². The monoisotopic (exact) mass is 289 g/mol. The van der Waals surface area contributed by atoms with E-state index in [1.54, 1.807) is 0 Å². The van der Waals surface area contributed by atoms with E-state index in [0.717, 1.165) is 18.8 Å². The molecule has 0 aliphatic carbocycles. The van der Waals surface area contributed by atoms with Crippen molar-refractivity contribution in [2.24, 2.45) is 0 Å². The molecule has 1 aliphatic heterocycles. The van der Waals surface area contributed by atoms with Crippen LogP contribution in [0.25, 0.3) is 0 Å². The van der Waals surface area contributed by atoms with Crippen LogP contribution in [0.1, 0.15) is 0 Å². The topological polar surface area (TPSA) is 12.5 Å². The largest absolute Gasteiger partial charge is 0.488 e. The molecule has 3 heteroatoms. The fraction of sp³-hybridized carbons (Fsp3) is 0.400. The van der Waals surface area contributed by atoms with Crippen molar-refractivity contribution in [1.82, 2.24) is 4.90 Å². The summed E-state index contributed by atoms with van der Waals surface area (Å²) < 4.78 is 6.98. The Kier molecular flexibility index (Phi) is 2.74. The third-order valence-electron chi connectivity index (χ3n) is 2.15. The zero-order valence-corrected chi connectivity index (χ0v) is 9.69. The third-order valence-corrected chi connectivity index (χ3v) is 2.87. The van der Waals surface area contributed by atoms with Crippen molar-refractivity contribution in [3.8, 4) is 5.75 Å². The van der Waals surface area contributed by atoms with E-state index in [9.17, 15) is 0 Å². The molecule has 1 saturated heterocycles. The van der Waals surface area contributed by atoms with Crippen LogP contribution in [0.15, 0.2) is 24.3 Å². The van der Waals surface area contributed by atoms with Crippen molar-refractivity contribution >= 4 is 22.6 Å². The average molecular weight is 289 g/mol. The molecule has 0 saturated carbocycles. The van der Waals surface area contributed by atoms with Crippen molar-refractivity contribution in [2.45, 2.75) is 6.10 Å². The van der Waals surface area contributed by atoms with E-state index >= 15 is 0 Å². The molecule has 1 aromatic carbocycles. The highest BCUT2D eigenvalue weighted by atomic mass is 127. The van der Waals surface area contributed by atoms with Crippen LogP contribution in [0.3, 0.4) is 0 Å². The molecule has 0 unspecified atom stereocenters. The van der Waals surface area contributed by atoms with Crippen molar-refractivity contribution in [1.29, 1.82) is 0 Å². The summed E-state index contributed by atoms with van der Waals surface area (Å²) in [6.07, 6.45) is 0.394. The second kappa shape index (κ2) is 3.84. The molecule has 0 bridgehead atoms. The van der Waals surface area contributed by atoms with Gasteiger partial charge in [-0.2, -0.15) is 0 Å². The van der Waals surface area contributed by atoms with E-state index in [4.69, 9.17) is 4.74 Å². The lowest BCUT2D eigenvalue weighted by atomic mass is 10.2. The van der Waals surface area contributed by atoms with Gasteiger partial charge in [-0.3, -0.25) is 4.90 Å². The molecule has 0 aromatic heterocycles. The Morgan fingerprint density at radius 1 is 1.31 bits per heavy atom. The summed E-state index contributed by atoms with van der Waals surface area (Å²) in [5.74, 6) is 0.985. The summed E-state index contributed by atoms with van der Waals surface area (Å²) in [5, 5.41) is 0. The van der Waals surface area contributed by atoms with Crippen LogP contribution in [0, 0.1) is 3.57 Å². The molecule has 1 aromatic rings. The SMILES string of the molecule is CN1CC(Oc2ccc(I)cc2)C1. The molecule has 0 amide bonds. The number of ether oxygens (including phenoxy) is 1. The molecule has 0 radical (unpaired) electrons. The Bertz CT molecular complexity index is 279. The molecule has 0 atom stereocenters. The van der Waals surface area contributed by atoms with E-state index < -0.39 is 0 Å². The first kappa shape index (κ1) is 9.27. The summed E-state index contributed by atoms with van der Waals surface area (Å²) in [6.45, 7) is 2.10. The van der Waals surface area contributed by atoms with Crippen LogP contribution in [-0.2, 0) is 0 Å². The van der Waals surface area contributed by atoms with Crippen molar-refractivity contribution in [3.63, 3.8) is 0 Å². The number of nitrogens with zero attached hydrogens (tertiary/aromatic N) is 1. The number of rotatable bonds is 2. The van der Waals surface area contributed by atoms with E-state index in [1.165, 1.54) is 3.57 Å². The standard InChI is InChI=1S/C10H12INO/c1-12-6-10(7-12)13-9-4-2-8(11)3-5-9/h2-5,10H,6-7H2,1H3. The quantitative estimate of drug-likeness (QED) is 0.772. The van der Waals surface area contributed by atoms with E-state index in [2.05, 4.69) is 46.7 Å². The van der Waals surface area contributed by atoms with Crippen LogP contribution in [-0.4, -0.2) is 31.1 Å². The van der Waals surface area contributed by atoms with Gasteiger partial charge in [0, 0.05) is 16.7 Å². The first-order valence-corrected chi connectivity index (χ1v) is 5.43. The second-order valence-corrected chi connectivity index (χ2v) is 4.66. The van der Waals surface area contributed by atoms with Gasteiger partial charge in [0.15, 0.2) is 0 Å². The van der Waals surface area contributed by atoms with Gasteiger partial charge < -0.3 is 4.74 Å². The highest BCUT2D eigenvalue weighted by Gasteiger charge is 2.24. The van der Waals surface area contributed by atoms with Crippen molar-refractivity contribution in [2.75, 3.05) is 20.1 Å². The van der Waals surface area contributed by atoms with Crippen molar-refractivity contribution < 1.29 is 4.74 Å². The molecule has 70 valence electrons. The van der Waals surface area contributed by atoms with Crippen LogP contribution in [0.5, 0.6) is 5.75 Å². The fourth-order valence-corrected chi connectivity index (χ4v) is 1.78. The Balaban J connectivity index is 1.91. The van der Waals surface area contributed by atoms with Crippen LogP contribution >= 0.6 is 22.6 Å². The number of hydrogen-bond acceptors (Lipinski definition) is 2. The van der Waals surface area contributed by atoms with Crippen LogP contribution in [0.2, 0.25) is 0 Å². The first-order valence-electron chi connectivity index (χ1n) is 4.35. The van der Waals surface area contributed by atoms with Gasteiger partial charge in [0.25, 0.3) is 0 Å². The Morgan fingerprint density at radius 2 is 1.92 bits per heavy atom. The highest BCUT2D eigenvalue weighted by molar-refractivity contribution is 14.1. The molecule has 13 heavy (non-hydrogen) atoms. The minimum atomic E-state index is 0.394. The van der Waals surface area contributed by atoms with E-state index in [-0.39, 0.29) is 0 Å². The molecule has 1 heterocycles. The minimum absolute atomic E-state index is 0.394. The van der Waals surface area contributed by atoms with E-state index in [0.29, 0.717) is 6.10 Å². The molecule has 0 N–H and O–H groups in total. The Labute approximate surface area is 92.0 Å². The predicted octanol–water partition coefficient (Wildman–Crippen LogP) is 1.98. The first-order chi connectivity index (χ1) is 6.24. The molecule has 0 spiro atoms. The molecule has 1 aliphatic rings. The maximum Gasteiger partial charge on any atom is 0.124 e. The summed E-state index contributed by atoms with van der Waals surface area (Å²) >= 11 is 2.29. The van der Waals surface area contributed by atoms with Gasteiger partial charge in [0.05, 0.1) is 0 Å². The minimum Gasteiger partial charge on any atom is -0.488 e. The maximum atomic E-state index is 5.73. The highest BCUT2D eigenvalue weighted by Crippen LogP contribution is 2.18. The Hall–Kier alpha value is -0.290. The summed E-state index contributed by atoms with van der Waals surface area (Å²) in [6, 6.07) is 8.19. The van der Waals surface area contributed by atoms with Crippen molar-refractivity contribution in [3.05, 3.63) is 27.8 Å². The fourth-order valence-electron chi connectivity index (χ4n) is 1.42. The average Bonchev–Trinajstić information content (AvgIpc) is 2.06. The van der Waals surface area contributed by atoms with Gasteiger partial charge >= 0.3 is 0 Å². The van der Waals surface area contributed by atoms with Crippen LogP contribution < -0.4 is 4.74 Å². The lowest BCUT2D eigenvalue weighted by Crippen LogP contribution is -2.51. The summed E-state index contributed by atoms with van der Waals surface area (Å²) in [5.41, 5.74) is 0. The number of benzene rings is 1. The lowest BCUT2D eigenvalue weighted by Gasteiger charge is -2.35.